The normalized spacial score (nSPS) is 17.7. The first-order valence-electron chi connectivity index (χ1n) is 5.88. The second-order valence-corrected chi connectivity index (χ2v) is 6.67. The molecule has 15 heavy (non-hydrogen) atoms. The highest BCUT2D eigenvalue weighted by molar-refractivity contribution is 7.54. The molecule has 0 amide bonds. The van der Waals surface area contributed by atoms with Crippen LogP contribution < -0.4 is 0 Å². The van der Waals surface area contributed by atoms with E-state index in [-0.39, 0.29) is 6.10 Å². The zero-order chi connectivity index (χ0) is 11.9. The molecule has 0 rings (SSSR count). The summed E-state index contributed by atoms with van der Waals surface area (Å²) in [6.45, 7) is 7.12. The van der Waals surface area contributed by atoms with E-state index in [4.69, 9.17) is 4.52 Å². The third-order valence-electron chi connectivity index (χ3n) is 2.40. The Morgan fingerprint density at radius 1 is 1.20 bits per heavy atom. The van der Waals surface area contributed by atoms with Crippen LogP contribution >= 0.6 is 7.68 Å². The topological polar surface area (TPSA) is 26.3 Å². The molecule has 2 nitrogen and oxygen atoms in total. The molecule has 2 atom stereocenters. The van der Waals surface area contributed by atoms with E-state index in [1.807, 2.05) is 0 Å². The van der Waals surface area contributed by atoms with Crippen molar-refractivity contribution in [3.05, 3.63) is 0 Å². The molecule has 0 aliphatic carbocycles. The van der Waals surface area contributed by atoms with Gasteiger partial charge in [-0.25, -0.2) is 0 Å². The number of rotatable bonds is 8. The van der Waals surface area contributed by atoms with Crippen LogP contribution in [0.3, 0.4) is 0 Å². The highest BCUT2D eigenvalue weighted by atomic mass is 31.2. The summed E-state index contributed by atoms with van der Waals surface area (Å²) >= 11 is 0. The average Bonchev–Trinajstić information content (AvgIpc) is 2.11. The van der Waals surface area contributed by atoms with Gasteiger partial charge in [-0.2, -0.15) is 4.20 Å². The van der Waals surface area contributed by atoms with E-state index < -0.39 is 13.3 Å². The Morgan fingerprint density at radius 3 is 2.27 bits per heavy atom. The molecule has 0 aromatic heterocycles. The zero-order valence-electron chi connectivity index (χ0n) is 10.3. The zero-order valence-corrected chi connectivity index (χ0v) is 11.2. The van der Waals surface area contributed by atoms with Gasteiger partial charge >= 0.3 is 7.68 Å². The molecule has 4 heteroatoms. The molecule has 0 aliphatic heterocycles. The van der Waals surface area contributed by atoms with Gasteiger partial charge in [0.05, 0.1) is 11.8 Å². The van der Waals surface area contributed by atoms with Crippen LogP contribution in [0, 0.1) is 0 Å². The molecule has 0 heterocycles. The molecule has 0 fully saturated rings. The third-order valence-corrected chi connectivity index (χ3v) is 4.29. The fraction of sp³-hybridized carbons (Fsp3) is 1.00. The van der Waals surface area contributed by atoms with E-state index in [9.17, 15) is 8.76 Å². The fourth-order valence-electron chi connectivity index (χ4n) is 1.28. The van der Waals surface area contributed by atoms with Gasteiger partial charge in [0.15, 0.2) is 0 Å². The van der Waals surface area contributed by atoms with Gasteiger partial charge in [-0.1, -0.05) is 46.5 Å². The molecule has 92 valence electrons. The van der Waals surface area contributed by atoms with Gasteiger partial charge < -0.3 is 4.52 Å². The Morgan fingerprint density at radius 2 is 1.80 bits per heavy atom. The Hall–Kier alpha value is 0.120. The molecule has 0 radical (unpaired) electrons. The lowest BCUT2D eigenvalue weighted by molar-refractivity contribution is 0.189. The first-order valence-corrected chi connectivity index (χ1v) is 7.46. The molecule has 0 aromatic carbocycles. The highest BCUT2D eigenvalue weighted by Crippen LogP contribution is 2.54. The lowest BCUT2D eigenvalue weighted by atomic mass is 10.1. The number of unbranched alkanes of at least 4 members (excludes halogenated alkanes) is 3. The second kappa shape index (κ2) is 7.40. The van der Waals surface area contributed by atoms with Crippen molar-refractivity contribution in [3.8, 4) is 0 Å². The lowest BCUT2D eigenvalue weighted by Crippen LogP contribution is -2.08. The summed E-state index contributed by atoms with van der Waals surface area (Å²) < 4.78 is 29.7. The molecule has 0 aliphatic rings. The van der Waals surface area contributed by atoms with Gasteiger partial charge in [0.1, 0.15) is 0 Å². The van der Waals surface area contributed by atoms with Gasteiger partial charge in [-0.05, 0) is 13.3 Å². The first kappa shape index (κ1) is 15.1. The average molecular weight is 238 g/mol. The summed E-state index contributed by atoms with van der Waals surface area (Å²) in [4.78, 5) is 0. The minimum Gasteiger partial charge on any atom is -0.302 e. The second-order valence-electron chi connectivity index (χ2n) is 4.38. The molecule has 0 spiro atoms. The number of hydrogen-bond donors (Lipinski definition) is 0. The third kappa shape index (κ3) is 7.08. The monoisotopic (exact) mass is 238 g/mol. The van der Waals surface area contributed by atoms with Crippen LogP contribution in [0.5, 0.6) is 0 Å². The van der Waals surface area contributed by atoms with Crippen LogP contribution in [0.2, 0.25) is 0 Å². The maximum Gasteiger partial charge on any atom is 0.370 e. The molecule has 2 unspecified atom stereocenters. The predicted octanol–water partition coefficient (Wildman–Crippen LogP) is 4.93. The van der Waals surface area contributed by atoms with Crippen LogP contribution in [-0.4, -0.2) is 11.8 Å². The van der Waals surface area contributed by atoms with Crippen molar-refractivity contribution in [2.45, 2.75) is 71.6 Å². The molecule has 0 N–H and O–H groups in total. The Balaban J connectivity index is 3.73. The predicted molar refractivity (Wildman–Crippen MR) is 63.2 cm³/mol. The maximum atomic E-state index is 13.4. The van der Waals surface area contributed by atoms with Crippen molar-refractivity contribution in [2.75, 3.05) is 0 Å². The van der Waals surface area contributed by atoms with Crippen LogP contribution in [0.25, 0.3) is 0 Å². The van der Waals surface area contributed by atoms with E-state index in [2.05, 4.69) is 6.92 Å². The van der Waals surface area contributed by atoms with Gasteiger partial charge in [-0.3, -0.25) is 4.57 Å². The van der Waals surface area contributed by atoms with Gasteiger partial charge in [0.2, 0.25) is 0 Å². The minimum atomic E-state index is -3.88. The fourth-order valence-corrected chi connectivity index (χ4v) is 2.12. The summed E-state index contributed by atoms with van der Waals surface area (Å²) in [6, 6.07) is 0. The largest absolute Gasteiger partial charge is 0.370 e. The molecule has 0 saturated carbocycles. The van der Waals surface area contributed by atoms with Gasteiger partial charge in [0.25, 0.3) is 0 Å². The standard InChI is InChI=1S/C11H24FO2P/c1-5-6-7-8-9-11(4)14-15(12,13)10(2)3/h10-11H,5-9H2,1-4H3. The summed E-state index contributed by atoms with van der Waals surface area (Å²) in [5.41, 5.74) is -0.532. The summed E-state index contributed by atoms with van der Waals surface area (Å²) in [6.07, 6.45) is 5.10. The van der Waals surface area contributed by atoms with Crippen LogP contribution in [0.1, 0.15) is 59.8 Å². The molecular weight excluding hydrogens is 214 g/mol. The quantitative estimate of drug-likeness (QED) is 0.442. The van der Waals surface area contributed by atoms with Crippen molar-refractivity contribution in [2.24, 2.45) is 0 Å². The van der Waals surface area contributed by atoms with E-state index in [0.29, 0.717) is 0 Å². The van der Waals surface area contributed by atoms with Crippen molar-refractivity contribution in [3.63, 3.8) is 0 Å². The summed E-state index contributed by atoms with van der Waals surface area (Å²) in [7, 11) is -3.88. The van der Waals surface area contributed by atoms with Gasteiger partial charge in [-0.15, -0.1) is 0 Å². The summed E-state index contributed by atoms with van der Waals surface area (Å²) in [5.74, 6) is 0. The van der Waals surface area contributed by atoms with Crippen molar-refractivity contribution < 1.29 is 13.3 Å². The van der Waals surface area contributed by atoms with E-state index in [0.717, 1.165) is 19.3 Å². The SMILES string of the molecule is CCCCCCC(C)OP(=O)(F)C(C)C. The molecule has 0 saturated heterocycles. The number of hydrogen-bond acceptors (Lipinski definition) is 2. The Kier molecular flexibility index (Phi) is 7.46. The molecule has 0 aromatic rings. The summed E-state index contributed by atoms with van der Waals surface area (Å²) in [5, 5.41) is 0. The highest BCUT2D eigenvalue weighted by Gasteiger charge is 2.29. The molecular formula is C11H24FO2P. The van der Waals surface area contributed by atoms with E-state index in [1.54, 1.807) is 20.8 Å². The first-order chi connectivity index (χ1) is 6.90. The molecule has 0 bridgehead atoms. The van der Waals surface area contributed by atoms with Crippen LogP contribution in [-0.2, 0) is 9.09 Å². The van der Waals surface area contributed by atoms with Crippen molar-refractivity contribution in [1.29, 1.82) is 0 Å². The van der Waals surface area contributed by atoms with Crippen molar-refractivity contribution >= 4 is 7.68 Å². The lowest BCUT2D eigenvalue weighted by Gasteiger charge is -2.18. The van der Waals surface area contributed by atoms with Crippen LogP contribution in [0.4, 0.5) is 4.20 Å². The van der Waals surface area contributed by atoms with Crippen LogP contribution in [0.15, 0.2) is 0 Å². The van der Waals surface area contributed by atoms with Gasteiger partial charge in [0, 0.05) is 0 Å². The Labute approximate surface area is 93.2 Å². The number of halogens is 1. The Bertz CT molecular complexity index is 207. The maximum absolute atomic E-state index is 13.4. The smallest absolute Gasteiger partial charge is 0.302 e. The van der Waals surface area contributed by atoms with E-state index >= 15 is 0 Å². The van der Waals surface area contributed by atoms with Crippen molar-refractivity contribution in [1.82, 2.24) is 0 Å². The van der Waals surface area contributed by atoms with E-state index in [1.165, 1.54) is 12.8 Å². The minimum absolute atomic E-state index is 0.236.